The van der Waals surface area contributed by atoms with Crippen LogP contribution in [0.4, 0.5) is 13.2 Å². The Kier molecular flexibility index (Phi) is 5.11. The molecule has 1 aromatic carbocycles. The summed E-state index contributed by atoms with van der Waals surface area (Å²) in [5.41, 5.74) is -0.102. The van der Waals surface area contributed by atoms with Crippen molar-refractivity contribution in [3.05, 3.63) is 34.1 Å². The molecule has 0 fully saturated rings. The van der Waals surface area contributed by atoms with Gasteiger partial charge in [0.05, 0.1) is 16.7 Å². The van der Waals surface area contributed by atoms with Crippen LogP contribution in [0.5, 0.6) is 0 Å². The minimum absolute atomic E-state index is 0.102. The number of benzene rings is 1. The summed E-state index contributed by atoms with van der Waals surface area (Å²) in [6.07, 6.45) is -2.98. The maximum absolute atomic E-state index is 13.6. The van der Waals surface area contributed by atoms with Gasteiger partial charge in [0.2, 0.25) is 6.43 Å². The minimum atomic E-state index is -2.76. The van der Waals surface area contributed by atoms with E-state index in [0.29, 0.717) is 4.47 Å². The van der Waals surface area contributed by atoms with Crippen molar-refractivity contribution in [1.29, 1.82) is 5.26 Å². The van der Waals surface area contributed by atoms with Crippen molar-refractivity contribution in [3.8, 4) is 6.07 Å². The highest BCUT2D eigenvalue weighted by Crippen LogP contribution is 2.36. The van der Waals surface area contributed by atoms with Crippen LogP contribution in [0.25, 0.3) is 0 Å². The molecular formula is C12H11BrF3NS. The monoisotopic (exact) mass is 337 g/mol. The molecule has 98 valence electrons. The summed E-state index contributed by atoms with van der Waals surface area (Å²) in [7, 11) is 0. The third-order valence-electron chi connectivity index (χ3n) is 2.52. The molecule has 0 amide bonds. The Bertz CT molecular complexity index is 471. The van der Waals surface area contributed by atoms with Crippen LogP contribution >= 0.6 is 28.6 Å². The molecule has 0 radical (unpaired) electrons. The number of thiol groups is 1. The van der Waals surface area contributed by atoms with E-state index in [0.717, 1.165) is 6.07 Å². The largest absolute Gasteiger partial charge is 0.245 e. The van der Waals surface area contributed by atoms with Gasteiger partial charge in [-0.05, 0) is 37.1 Å². The van der Waals surface area contributed by atoms with E-state index in [4.69, 9.17) is 5.26 Å². The Morgan fingerprint density at radius 1 is 1.50 bits per heavy atom. The number of nitrogens with zero attached hydrogens (tertiary/aromatic N) is 1. The summed E-state index contributed by atoms with van der Waals surface area (Å²) in [5, 5.41) is 8.82. The molecule has 6 heteroatoms. The summed E-state index contributed by atoms with van der Waals surface area (Å²) >= 11 is 7.12. The zero-order chi connectivity index (χ0) is 13.9. The van der Waals surface area contributed by atoms with Gasteiger partial charge in [0, 0.05) is 4.47 Å². The first-order valence-corrected chi connectivity index (χ1v) is 6.37. The standard InChI is InChI=1S/C12H11BrF3NS/c1-12(18,6-17)5-9(11(15)16)8-4-7(13)2-3-10(8)14/h2-4,9,11,18H,5H2,1H3/t9?,12-/m0/s1. The van der Waals surface area contributed by atoms with Crippen molar-refractivity contribution >= 4 is 28.6 Å². The lowest BCUT2D eigenvalue weighted by Gasteiger charge is -2.23. The van der Waals surface area contributed by atoms with Gasteiger partial charge in [-0.1, -0.05) is 15.9 Å². The molecule has 0 aromatic heterocycles. The van der Waals surface area contributed by atoms with Gasteiger partial charge in [-0.3, -0.25) is 0 Å². The van der Waals surface area contributed by atoms with E-state index in [1.807, 2.05) is 6.07 Å². The van der Waals surface area contributed by atoms with E-state index < -0.39 is 22.9 Å². The molecule has 0 saturated heterocycles. The van der Waals surface area contributed by atoms with Crippen LogP contribution in [0.3, 0.4) is 0 Å². The molecule has 0 heterocycles. The maximum atomic E-state index is 13.6. The van der Waals surface area contributed by atoms with E-state index in [2.05, 4.69) is 28.6 Å². The summed E-state index contributed by atoms with van der Waals surface area (Å²) in [6.45, 7) is 1.43. The Balaban J connectivity index is 3.14. The van der Waals surface area contributed by atoms with Crippen LogP contribution in [0, 0.1) is 17.1 Å². The second-order valence-corrected chi connectivity index (χ2v) is 6.10. The third-order valence-corrected chi connectivity index (χ3v) is 3.30. The first-order chi connectivity index (χ1) is 8.26. The second-order valence-electron chi connectivity index (χ2n) is 4.20. The van der Waals surface area contributed by atoms with Crippen molar-refractivity contribution in [2.45, 2.75) is 30.4 Å². The molecule has 0 saturated carbocycles. The van der Waals surface area contributed by atoms with Crippen LogP contribution in [-0.4, -0.2) is 11.2 Å². The molecule has 0 bridgehead atoms. The fourth-order valence-electron chi connectivity index (χ4n) is 1.61. The first kappa shape index (κ1) is 15.4. The third kappa shape index (κ3) is 3.92. The molecule has 1 nitrogen and oxygen atoms in total. The van der Waals surface area contributed by atoms with Crippen LogP contribution in [0.1, 0.15) is 24.8 Å². The fourth-order valence-corrected chi connectivity index (χ4v) is 2.18. The average molecular weight is 338 g/mol. The number of nitriles is 1. The van der Waals surface area contributed by atoms with Gasteiger partial charge in [0.1, 0.15) is 5.82 Å². The Hall–Kier alpha value is -0.670. The molecule has 0 spiro atoms. The van der Waals surface area contributed by atoms with Crippen molar-refractivity contribution in [1.82, 2.24) is 0 Å². The van der Waals surface area contributed by atoms with Crippen LogP contribution < -0.4 is 0 Å². The van der Waals surface area contributed by atoms with Gasteiger partial charge in [-0.2, -0.15) is 17.9 Å². The van der Waals surface area contributed by atoms with Gasteiger partial charge >= 0.3 is 0 Å². The Morgan fingerprint density at radius 3 is 2.61 bits per heavy atom. The number of hydrogen-bond donors (Lipinski definition) is 1. The minimum Gasteiger partial charge on any atom is -0.210 e. The maximum Gasteiger partial charge on any atom is 0.245 e. The predicted molar refractivity (Wildman–Crippen MR) is 70.5 cm³/mol. The lowest BCUT2D eigenvalue weighted by Crippen LogP contribution is -2.23. The van der Waals surface area contributed by atoms with Gasteiger partial charge in [0.15, 0.2) is 0 Å². The van der Waals surface area contributed by atoms with Gasteiger partial charge in [-0.15, -0.1) is 0 Å². The van der Waals surface area contributed by atoms with E-state index in [-0.39, 0.29) is 12.0 Å². The second kappa shape index (κ2) is 5.98. The zero-order valence-corrected chi connectivity index (χ0v) is 12.0. The number of rotatable bonds is 4. The SMILES string of the molecule is C[C@@](S)(C#N)CC(c1cc(Br)ccc1F)C(F)F. The lowest BCUT2D eigenvalue weighted by atomic mass is 9.89. The summed E-state index contributed by atoms with van der Waals surface area (Å²) in [5.74, 6) is -2.06. The highest BCUT2D eigenvalue weighted by molar-refractivity contribution is 9.10. The van der Waals surface area contributed by atoms with Gasteiger partial charge in [-0.25, -0.2) is 13.2 Å². The molecular weight excluding hydrogens is 327 g/mol. The molecule has 0 N–H and O–H groups in total. The van der Waals surface area contributed by atoms with Gasteiger partial charge in [0.25, 0.3) is 0 Å². The molecule has 2 atom stereocenters. The molecule has 0 aliphatic rings. The van der Waals surface area contributed by atoms with E-state index in [1.54, 1.807) is 0 Å². The van der Waals surface area contributed by atoms with Gasteiger partial charge < -0.3 is 0 Å². The quantitative estimate of drug-likeness (QED) is 0.801. The molecule has 18 heavy (non-hydrogen) atoms. The van der Waals surface area contributed by atoms with E-state index in [9.17, 15) is 13.2 Å². The number of alkyl halides is 2. The molecule has 1 rings (SSSR count). The number of halogens is 4. The van der Waals surface area contributed by atoms with Crippen molar-refractivity contribution in [3.63, 3.8) is 0 Å². The fraction of sp³-hybridized carbons (Fsp3) is 0.417. The molecule has 0 aliphatic carbocycles. The summed E-state index contributed by atoms with van der Waals surface area (Å²) in [6, 6.07) is 5.70. The van der Waals surface area contributed by atoms with Crippen molar-refractivity contribution in [2.24, 2.45) is 0 Å². The normalized spacial score (nSPS) is 16.1. The highest BCUT2D eigenvalue weighted by Gasteiger charge is 2.32. The summed E-state index contributed by atoms with van der Waals surface area (Å²) in [4.78, 5) is 0. The molecule has 0 aliphatic heterocycles. The smallest absolute Gasteiger partial charge is 0.210 e. The molecule has 1 aromatic rings. The number of hydrogen-bond acceptors (Lipinski definition) is 2. The molecule has 1 unspecified atom stereocenters. The van der Waals surface area contributed by atoms with E-state index >= 15 is 0 Å². The average Bonchev–Trinajstić information content (AvgIpc) is 2.29. The topological polar surface area (TPSA) is 23.8 Å². The summed E-state index contributed by atoms with van der Waals surface area (Å²) < 4.78 is 39.0. The Labute approximate surface area is 118 Å². The first-order valence-electron chi connectivity index (χ1n) is 5.13. The van der Waals surface area contributed by atoms with Crippen molar-refractivity contribution in [2.75, 3.05) is 0 Å². The zero-order valence-electron chi connectivity index (χ0n) is 9.50. The van der Waals surface area contributed by atoms with E-state index in [1.165, 1.54) is 19.1 Å². The van der Waals surface area contributed by atoms with Crippen molar-refractivity contribution < 1.29 is 13.2 Å². The van der Waals surface area contributed by atoms with Crippen LogP contribution in [0.15, 0.2) is 22.7 Å². The van der Waals surface area contributed by atoms with Crippen LogP contribution in [-0.2, 0) is 0 Å². The Morgan fingerprint density at radius 2 is 2.11 bits per heavy atom. The lowest BCUT2D eigenvalue weighted by molar-refractivity contribution is 0.106. The van der Waals surface area contributed by atoms with Crippen LogP contribution in [0.2, 0.25) is 0 Å². The predicted octanol–water partition coefficient (Wildman–Crippen LogP) is 4.54. The highest BCUT2D eigenvalue weighted by atomic mass is 79.9.